The number of nitrogens with two attached hydrogens (primary N) is 2. The molecule has 0 fully saturated rings. The van der Waals surface area contributed by atoms with E-state index in [0.717, 1.165) is 25.1 Å². The van der Waals surface area contributed by atoms with E-state index >= 15 is 0 Å². The van der Waals surface area contributed by atoms with Gasteiger partial charge in [-0.25, -0.2) is 0 Å². The van der Waals surface area contributed by atoms with Gasteiger partial charge in [0.25, 0.3) is 0 Å². The second-order valence-corrected chi connectivity index (χ2v) is 3.62. The van der Waals surface area contributed by atoms with Crippen molar-refractivity contribution in [2.45, 2.75) is 12.5 Å². The summed E-state index contributed by atoms with van der Waals surface area (Å²) in [6.07, 6.45) is 0.803. The second kappa shape index (κ2) is 13.2. The fourth-order valence-electron chi connectivity index (χ4n) is 1.40. The van der Waals surface area contributed by atoms with Crippen molar-refractivity contribution >= 4 is 37.2 Å². The van der Waals surface area contributed by atoms with Crippen LogP contribution in [0.4, 0.5) is 0 Å². The zero-order valence-corrected chi connectivity index (χ0v) is 12.5. The molecule has 0 bridgehead atoms. The lowest BCUT2D eigenvalue weighted by Gasteiger charge is -2.12. The molecule has 0 aliphatic heterocycles. The van der Waals surface area contributed by atoms with Crippen LogP contribution in [0.15, 0.2) is 24.3 Å². The number of phenolic OH excluding ortho intramolecular Hbond substituents is 1. The van der Waals surface area contributed by atoms with Crippen LogP contribution < -0.4 is 16.8 Å². The number of nitrogens with one attached hydrogen (secondary N) is 1. The van der Waals surface area contributed by atoms with Crippen LogP contribution in [0.25, 0.3) is 0 Å². The third-order valence-electron chi connectivity index (χ3n) is 2.16. The van der Waals surface area contributed by atoms with Gasteiger partial charge in [0.15, 0.2) is 0 Å². The van der Waals surface area contributed by atoms with Crippen molar-refractivity contribution in [1.29, 1.82) is 0 Å². The molecule has 0 saturated carbocycles. The van der Waals surface area contributed by atoms with Gasteiger partial charge in [-0.3, -0.25) is 0 Å². The topological polar surface area (TPSA) is 84.3 Å². The smallest absolute Gasteiger partial charge is 0.115 e. The van der Waals surface area contributed by atoms with Gasteiger partial charge >= 0.3 is 0 Å². The zero-order chi connectivity index (χ0) is 11.1. The number of aromatic hydroxyl groups is 1. The molecule has 0 spiro atoms. The molecule has 0 radical (unpaired) electrons. The van der Waals surface area contributed by atoms with Gasteiger partial charge in [0.05, 0.1) is 0 Å². The molecule has 1 aromatic carbocycles. The minimum Gasteiger partial charge on any atom is -0.508 e. The largest absolute Gasteiger partial charge is 0.508 e. The van der Waals surface area contributed by atoms with E-state index in [-0.39, 0.29) is 49.0 Å². The Labute approximate surface area is 127 Å². The molecule has 1 aromatic rings. The summed E-state index contributed by atoms with van der Waals surface area (Å²) in [4.78, 5) is 0. The highest BCUT2D eigenvalue weighted by Gasteiger charge is 2.03. The van der Waals surface area contributed by atoms with Crippen molar-refractivity contribution in [3.8, 4) is 5.75 Å². The number of hydrogen-bond donors (Lipinski definition) is 4. The molecule has 0 aliphatic rings. The first-order valence-electron chi connectivity index (χ1n) is 5.16. The quantitative estimate of drug-likeness (QED) is 0.591. The zero-order valence-electron chi connectivity index (χ0n) is 10.0. The first-order valence-corrected chi connectivity index (χ1v) is 5.16. The predicted octanol–water partition coefficient (Wildman–Crippen LogP) is 1.08. The standard InChI is InChI=1S/C11H19N3O.3ClH/c12-5-6-14-8-10(13)7-9-1-3-11(15)4-2-9;;;/h1-4,10,14-15H,5-8,12-13H2;3*1H/t10-;;;/m0.../s1. The highest BCUT2D eigenvalue weighted by atomic mass is 35.5. The summed E-state index contributed by atoms with van der Waals surface area (Å²) < 4.78 is 0. The number of rotatable bonds is 6. The van der Waals surface area contributed by atoms with Crippen LogP contribution in [-0.4, -0.2) is 30.8 Å². The molecule has 6 N–H and O–H groups in total. The third-order valence-corrected chi connectivity index (χ3v) is 2.16. The van der Waals surface area contributed by atoms with Gasteiger partial charge in [-0.1, -0.05) is 12.1 Å². The summed E-state index contributed by atoms with van der Waals surface area (Å²) in [6, 6.07) is 7.21. The summed E-state index contributed by atoms with van der Waals surface area (Å²) in [5, 5.41) is 12.3. The molecular formula is C11H22Cl3N3O. The number of halogens is 3. The Hall–Kier alpha value is -0.230. The number of phenols is 1. The number of benzene rings is 1. The third kappa shape index (κ3) is 9.76. The average Bonchev–Trinajstić information content (AvgIpc) is 2.22. The Bertz CT molecular complexity index is 285. The highest BCUT2D eigenvalue weighted by molar-refractivity contribution is 5.86. The normalized spacial score (nSPS) is 10.6. The van der Waals surface area contributed by atoms with Crippen molar-refractivity contribution in [1.82, 2.24) is 5.32 Å². The maximum absolute atomic E-state index is 9.11. The molecule has 18 heavy (non-hydrogen) atoms. The van der Waals surface area contributed by atoms with Crippen molar-refractivity contribution in [2.24, 2.45) is 11.5 Å². The summed E-state index contributed by atoms with van der Waals surface area (Å²) in [7, 11) is 0. The Morgan fingerprint density at radius 2 is 1.67 bits per heavy atom. The van der Waals surface area contributed by atoms with Crippen LogP contribution >= 0.6 is 37.2 Å². The van der Waals surface area contributed by atoms with Gasteiger partial charge in [-0.2, -0.15) is 0 Å². The van der Waals surface area contributed by atoms with Crippen LogP contribution in [0.1, 0.15) is 5.56 Å². The van der Waals surface area contributed by atoms with Gasteiger partial charge in [-0.15, -0.1) is 37.2 Å². The Morgan fingerprint density at radius 1 is 1.11 bits per heavy atom. The van der Waals surface area contributed by atoms with E-state index in [9.17, 15) is 0 Å². The minimum atomic E-state index is 0. The molecule has 1 rings (SSSR count). The molecule has 7 heteroatoms. The molecule has 0 amide bonds. The molecular weight excluding hydrogens is 297 g/mol. The maximum Gasteiger partial charge on any atom is 0.115 e. The first-order chi connectivity index (χ1) is 7.22. The summed E-state index contributed by atoms with van der Waals surface area (Å²) in [5.41, 5.74) is 12.4. The van der Waals surface area contributed by atoms with Crippen LogP contribution in [0.3, 0.4) is 0 Å². The summed E-state index contributed by atoms with van der Waals surface area (Å²) in [5.74, 6) is 0.286. The van der Waals surface area contributed by atoms with E-state index in [1.807, 2.05) is 12.1 Å². The van der Waals surface area contributed by atoms with Gasteiger partial charge in [0.1, 0.15) is 5.75 Å². The first kappa shape index (κ1) is 22.9. The fraction of sp³-hybridized carbons (Fsp3) is 0.455. The van der Waals surface area contributed by atoms with E-state index in [0.29, 0.717) is 6.54 Å². The van der Waals surface area contributed by atoms with E-state index < -0.39 is 0 Å². The lowest BCUT2D eigenvalue weighted by atomic mass is 10.1. The van der Waals surface area contributed by atoms with Crippen molar-refractivity contribution in [3.05, 3.63) is 29.8 Å². The lowest BCUT2D eigenvalue weighted by Crippen LogP contribution is -2.37. The van der Waals surface area contributed by atoms with E-state index in [2.05, 4.69) is 5.32 Å². The lowest BCUT2D eigenvalue weighted by molar-refractivity contribution is 0.475. The SMILES string of the molecule is Cl.Cl.Cl.NCCNC[C@@H](N)Cc1ccc(O)cc1. The Kier molecular flexibility index (Phi) is 16.8. The summed E-state index contributed by atoms with van der Waals surface area (Å²) in [6.45, 7) is 2.19. The molecule has 0 aliphatic carbocycles. The Morgan fingerprint density at radius 3 is 2.17 bits per heavy atom. The molecule has 0 heterocycles. The van der Waals surface area contributed by atoms with Crippen LogP contribution in [0, 0.1) is 0 Å². The van der Waals surface area contributed by atoms with Gasteiger partial charge in [0, 0.05) is 25.7 Å². The fourth-order valence-corrected chi connectivity index (χ4v) is 1.40. The predicted molar refractivity (Wildman–Crippen MR) is 83.5 cm³/mol. The van der Waals surface area contributed by atoms with Crippen LogP contribution in [0.2, 0.25) is 0 Å². The highest BCUT2D eigenvalue weighted by Crippen LogP contribution is 2.10. The van der Waals surface area contributed by atoms with E-state index in [1.165, 1.54) is 0 Å². The molecule has 4 nitrogen and oxygen atoms in total. The minimum absolute atomic E-state index is 0. The average molecular weight is 319 g/mol. The molecule has 0 saturated heterocycles. The van der Waals surface area contributed by atoms with Gasteiger partial charge in [0.2, 0.25) is 0 Å². The maximum atomic E-state index is 9.11. The van der Waals surface area contributed by atoms with Crippen molar-refractivity contribution < 1.29 is 5.11 Å². The van der Waals surface area contributed by atoms with Gasteiger partial charge < -0.3 is 21.9 Å². The molecule has 1 atom stereocenters. The number of hydrogen-bond acceptors (Lipinski definition) is 4. The molecule has 0 unspecified atom stereocenters. The monoisotopic (exact) mass is 317 g/mol. The van der Waals surface area contributed by atoms with E-state index in [1.54, 1.807) is 12.1 Å². The summed E-state index contributed by atoms with van der Waals surface area (Å²) >= 11 is 0. The van der Waals surface area contributed by atoms with Gasteiger partial charge in [-0.05, 0) is 24.1 Å². The van der Waals surface area contributed by atoms with E-state index in [4.69, 9.17) is 16.6 Å². The molecule has 108 valence electrons. The van der Waals surface area contributed by atoms with Crippen molar-refractivity contribution in [3.63, 3.8) is 0 Å². The molecule has 0 aromatic heterocycles. The van der Waals surface area contributed by atoms with Crippen LogP contribution in [0.5, 0.6) is 5.75 Å². The Balaban J connectivity index is -0.000000750. The second-order valence-electron chi connectivity index (χ2n) is 3.62. The van der Waals surface area contributed by atoms with Crippen LogP contribution in [-0.2, 0) is 6.42 Å². The van der Waals surface area contributed by atoms with Crippen molar-refractivity contribution in [2.75, 3.05) is 19.6 Å².